The van der Waals surface area contributed by atoms with Gasteiger partial charge in [-0.3, -0.25) is 24.5 Å². The fourth-order valence-electron chi connectivity index (χ4n) is 8.74. The molecular weight excluding hydrogens is 754 g/mol. The zero-order valence-corrected chi connectivity index (χ0v) is 32.0. The lowest BCUT2D eigenvalue weighted by Gasteiger charge is -2.38. The first kappa shape index (κ1) is 39.1. The predicted molar refractivity (Wildman–Crippen MR) is 207 cm³/mol. The molecule has 1 aliphatic carbocycles. The number of carbonyl (C=O) groups excluding carboxylic acids is 3. The van der Waals surface area contributed by atoms with Crippen molar-refractivity contribution in [2.75, 3.05) is 49.1 Å². The summed E-state index contributed by atoms with van der Waals surface area (Å²) in [6.45, 7) is 5.08. The number of ether oxygens (including phenoxy) is 1. The highest BCUT2D eigenvalue weighted by molar-refractivity contribution is 6.09. The fraction of sp³-hybridized carbons (Fsp3) is 0.488. The summed E-state index contributed by atoms with van der Waals surface area (Å²) in [7, 11) is 0. The van der Waals surface area contributed by atoms with Gasteiger partial charge in [-0.25, -0.2) is 14.8 Å². The number of carbonyl (C=O) groups is 3. The minimum Gasteiger partial charge on any atom is -0.490 e. The van der Waals surface area contributed by atoms with Crippen molar-refractivity contribution < 1.29 is 32.3 Å². The van der Waals surface area contributed by atoms with Crippen molar-refractivity contribution in [3.05, 3.63) is 71.8 Å². The van der Waals surface area contributed by atoms with E-state index in [-0.39, 0.29) is 47.9 Å². The van der Waals surface area contributed by atoms with Gasteiger partial charge >= 0.3 is 12.2 Å². The molecule has 3 aliphatic heterocycles. The van der Waals surface area contributed by atoms with Crippen LogP contribution in [0, 0.1) is 17.2 Å². The Kier molecular flexibility index (Phi) is 11.2. The first-order valence-corrected chi connectivity index (χ1v) is 20.0. The van der Waals surface area contributed by atoms with Crippen LogP contribution in [-0.4, -0.2) is 93.9 Å². The Morgan fingerprint density at radius 2 is 1.71 bits per heavy atom. The Morgan fingerprint density at radius 1 is 0.931 bits per heavy atom. The maximum Gasteiger partial charge on any atom is 0.417 e. The number of piperidine rings is 2. The molecule has 0 radical (unpaired) electrons. The van der Waals surface area contributed by atoms with Gasteiger partial charge < -0.3 is 19.9 Å². The molecule has 0 atom stereocenters. The van der Waals surface area contributed by atoms with Gasteiger partial charge in [-0.1, -0.05) is 6.07 Å². The molecule has 0 spiro atoms. The average Bonchev–Trinajstić information content (AvgIpc) is 3.67. The summed E-state index contributed by atoms with van der Waals surface area (Å²) >= 11 is 0. The molecule has 0 bridgehead atoms. The van der Waals surface area contributed by atoms with Crippen LogP contribution in [0.1, 0.15) is 85.4 Å². The number of nitriles is 1. The van der Waals surface area contributed by atoms with Crippen molar-refractivity contribution in [3.63, 3.8) is 0 Å². The van der Waals surface area contributed by atoms with Crippen LogP contribution in [-0.2, 0) is 11.0 Å². The summed E-state index contributed by atoms with van der Waals surface area (Å²) in [5.74, 6) is 0.816. The van der Waals surface area contributed by atoms with Gasteiger partial charge in [-0.2, -0.15) is 23.5 Å². The van der Waals surface area contributed by atoms with E-state index in [1.807, 2.05) is 24.4 Å². The van der Waals surface area contributed by atoms with Gasteiger partial charge in [0.05, 0.1) is 59.1 Å². The Labute approximate surface area is 333 Å². The van der Waals surface area contributed by atoms with Crippen LogP contribution in [0.2, 0.25) is 0 Å². The number of alkyl halides is 3. The number of amides is 4. The van der Waals surface area contributed by atoms with Crippen molar-refractivity contribution in [2.24, 2.45) is 5.92 Å². The third-order valence-electron chi connectivity index (χ3n) is 11.9. The van der Waals surface area contributed by atoms with E-state index in [0.717, 1.165) is 92.9 Å². The summed E-state index contributed by atoms with van der Waals surface area (Å²) in [4.78, 5) is 52.6. The lowest BCUT2D eigenvalue weighted by Crippen LogP contribution is -2.49. The highest BCUT2D eigenvalue weighted by atomic mass is 19.4. The van der Waals surface area contributed by atoms with Crippen LogP contribution in [0.25, 0.3) is 10.9 Å². The van der Waals surface area contributed by atoms with Crippen LogP contribution in [0.5, 0.6) is 5.75 Å². The number of nitrogens with one attached hydrogen (secondary N) is 2. The number of anilines is 2. The lowest BCUT2D eigenvalue weighted by atomic mass is 9.92. The van der Waals surface area contributed by atoms with E-state index < -0.39 is 23.3 Å². The first-order chi connectivity index (χ1) is 28.0. The van der Waals surface area contributed by atoms with E-state index >= 15 is 0 Å². The molecule has 14 nitrogen and oxygen atoms in total. The minimum atomic E-state index is -4.65. The van der Waals surface area contributed by atoms with E-state index in [1.165, 1.54) is 12.3 Å². The molecule has 2 N–H and O–H groups in total. The number of aromatic nitrogens is 4. The second kappa shape index (κ2) is 16.6. The van der Waals surface area contributed by atoms with Gasteiger partial charge in [0.25, 0.3) is 5.91 Å². The average molecular weight is 799 g/mol. The number of urea groups is 1. The number of hydrogen-bond donors (Lipinski definition) is 2. The van der Waals surface area contributed by atoms with Gasteiger partial charge in [-0.15, -0.1) is 0 Å². The number of imide groups is 1. The van der Waals surface area contributed by atoms with E-state index in [4.69, 9.17) is 15.1 Å². The smallest absolute Gasteiger partial charge is 0.417 e. The molecule has 1 saturated carbocycles. The molecular formula is C41H45F3N10O4. The first-order valence-electron chi connectivity index (χ1n) is 20.0. The number of halogens is 3. The van der Waals surface area contributed by atoms with Crippen LogP contribution in [0.4, 0.5) is 29.5 Å². The van der Waals surface area contributed by atoms with Gasteiger partial charge in [0.15, 0.2) is 0 Å². The zero-order chi connectivity index (χ0) is 40.4. The third kappa shape index (κ3) is 8.57. The molecule has 58 heavy (non-hydrogen) atoms. The topological polar surface area (TPSA) is 162 Å². The Hall–Kier alpha value is -5.76. The van der Waals surface area contributed by atoms with Crippen molar-refractivity contribution >= 4 is 40.3 Å². The van der Waals surface area contributed by atoms with E-state index in [1.54, 1.807) is 17.2 Å². The summed E-state index contributed by atoms with van der Waals surface area (Å²) in [6.07, 6.45) is 6.68. The SMILES string of the molecule is N#Cc1ccc(O[C@H]2CC[C@H](NC(=O)c3cnc(N4CCC(CN5CCC(n6ncc7c(N8CCC(=O)NC8=O)cccc76)CC5)CC4)cn3)CC2)cc1C(F)(F)F. The van der Waals surface area contributed by atoms with Crippen molar-refractivity contribution in [3.8, 4) is 11.8 Å². The Morgan fingerprint density at radius 3 is 2.40 bits per heavy atom. The number of nitrogens with zero attached hydrogens (tertiary/aromatic N) is 8. The Balaban J connectivity index is 0.759. The molecule has 8 rings (SSSR count). The van der Waals surface area contributed by atoms with Crippen LogP contribution in [0.15, 0.2) is 55.0 Å². The molecule has 4 fully saturated rings. The largest absolute Gasteiger partial charge is 0.490 e. The number of hydrogen-bond acceptors (Lipinski definition) is 10. The molecule has 304 valence electrons. The van der Waals surface area contributed by atoms with Crippen molar-refractivity contribution in [1.29, 1.82) is 5.26 Å². The summed E-state index contributed by atoms with van der Waals surface area (Å²) in [6, 6.07) is 10.6. The van der Waals surface area contributed by atoms with Gasteiger partial charge in [0, 0.05) is 57.1 Å². The summed E-state index contributed by atoms with van der Waals surface area (Å²) in [5.41, 5.74) is 0.533. The Bertz CT molecular complexity index is 2180. The maximum atomic E-state index is 13.4. The number of benzene rings is 2. The number of likely N-dealkylation sites (tertiary alicyclic amines) is 1. The highest BCUT2D eigenvalue weighted by Gasteiger charge is 2.35. The molecule has 0 unspecified atom stereocenters. The molecule has 4 aromatic rings. The second-order valence-electron chi connectivity index (χ2n) is 15.7. The van der Waals surface area contributed by atoms with E-state index in [9.17, 15) is 27.6 Å². The monoisotopic (exact) mass is 798 g/mol. The van der Waals surface area contributed by atoms with Crippen LogP contribution < -0.4 is 25.2 Å². The molecule has 2 aromatic heterocycles. The maximum absolute atomic E-state index is 13.4. The highest BCUT2D eigenvalue weighted by Crippen LogP contribution is 2.36. The van der Waals surface area contributed by atoms with E-state index in [0.29, 0.717) is 38.1 Å². The van der Waals surface area contributed by atoms with Gasteiger partial charge in [-0.05, 0) is 87.6 Å². The summed E-state index contributed by atoms with van der Waals surface area (Å²) in [5, 5.41) is 20.1. The normalized spacial score (nSPS) is 21.5. The quantitative estimate of drug-likeness (QED) is 0.211. The van der Waals surface area contributed by atoms with Crippen molar-refractivity contribution in [1.82, 2.24) is 35.3 Å². The van der Waals surface area contributed by atoms with Gasteiger partial charge in [0.1, 0.15) is 17.3 Å². The summed E-state index contributed by atoms with van der Waals surface area (Å²) < 4.78 is 48.0. The number of fused-ring (bicyclic) bond motifs is 1. The third-order valence-corrected chi connectivity index (χ3v) is 11.9. The molecule has 17 heteroatoms. The minimum absolute atomic E-state index is 0.0695. The van der Waals surface area contributed by atoms with E-state index in [2.05, 4.69) is 35.1 Å². The second-order valence-corrected chi connectivity index (χ2v) is 15.7. The standard InChI is InChI=1S/C41H45F3N10O4/c42-41(43,44)33-20-31(7-4-27(33)21-45)58-30-8-5-28(6-9-30)49-39(56)34-23-47-37(24-46-34)52-17-10-26(11-18-52)25-51-15-12-29(13-16-51)54-36-3-1-2-35(32(36)22-48-54)53-19-14-38(55)50-40(53)57/h1-4,7,20,22-24,26,28-30H,5-6,8-19,25H2,(H,49,56)(H,50,55,57)/t28-,30-. The number of rotatable bonds is 9. The molecule has 3 saturated heterocycles. The lowest BCUT2D eigenvalue weighted by molar-refractivity contribution is -0.138. The predicted octanol–water partition coefficient (Wildman–Crippen LogP) is 5.84. The van der Waals surface area contributed by atoms with Gasteiger partial charge in [0.2, 0.25) is 5.91 Å². The van der Waals surface area contributed by atoms with Crippen molar-refractivity contribution in [2.45, 2.75) is 82.2 Å². The molecule has 5 heterocycles. The molecule has 4 aliphatic rings. The fourth-order valence-corrected chi connectivity index (χ4v) is 8.74. The molecule has 2 aromatic carbocycles. The van der Waals surface area contributed by atoms with Crippen LogP contribution >= 0.6 is 0 Å². The molecule has 4 amide bonds. The zero-order valence-electron chi connectivity index (χ0n) is 32.0. The van der Waals surface area contributed by atoms with Crippen LogP contribution in [0.3, 0.4) is 0 Å².